The number of nitrogens with one attached hydrogen (secondary N) is 1. The summed E-state index contributed by atoms with van der Waals surface area (Å²) in [7, 11) is 0. The molecule has 0 fully saturated rings. The normalized spacial score (nSPS) is 10.5. The van der Waals surface area contributed by atoms with Crippen LogP contribution < -0.4 is 15.8 Å². The lowest BCUT2D eigenvalue weighted by Gasteiger charge is -2.03. The van der Waals surface area contributed by atoms with Crippen LogP contribution in [0.2, 0.25) is 5.02 Å². The summed E-state index contributed by atoms with van der Waals surface area (Å²) in [5.74, 6) is 0.699. The van der Waals surface area contributed by atoms with E-state index in [1.54, 1.807) is 12.1 Å². The highest BCUT2D eigenvalue weighted by molar-refractivity contribution is 7.09. The second-order valence-corrected chi connectivity index (χ2v) is 6.02. The second-order valence-electron chi connectivity index (χ2n) is 4.64. The summed E-state index contributed by atoms with van der Waals surface area (Å²) in [5.41, 5.74) is 6.13. The third kappa shape index (κ3) is 5.63. The number of amides is 1. The fourth-order valence-corrected chi connectivity index (χ4v) is 2.56. The Kier molecular flexibility index (Phi) is 6.64. The number of carbonyl (C=O) groups excluding carboxylic acids is 1. The van der Waals surface area contributed by atoms with E-state index in [1.807, 2.05) is 17.5 Å². The van der Waals surface area contributed by atoms with Crippen LogP contribution in [0.25, 0.3) is 0 Å². The van der Waals surface area contributed by atoms with Gasteiger partial charge < -0.3 is 15.8 Å². The smallest absolute Gasteiger partial charge is 0.226 e. The van der Waals surface area contributed by atoms with Crippen LogP contribution in [0.5, 0.6) is 5.75 Å². The topological polar surface area (TPSA) is 77.2 Å². The first-order chi connectivity index (χ1) is 10.7. The second kappa shape index (κ2) is 8.73. The number of benzene rings is 1. The minimum absolute atomic E-state index is 0.0380. The number of hydrogen-bond acceptors (Lipinski definition) is 5. The molecule has 0 aliphatic carbocycles. The van der Waals surface area contributed by atoms with Gasteiger partial charge in [0.15, 0.2) is 0 Å². The Balaban J connectivity index is 1.78. The summed E-state index contributed by atoms with van der Waals surface area (Å²) in [6, 6.07) is 7.16. The summed E-state index contributed by atoms with van der Waals surface area (Å²) < 4.78 is 5.62. The van der Waals surface area contributed by atoms with E-state index in [-0.39, 0.29) is 12.3 Å². The van der Waals surface area contributed by atoms with Gasteiger partial charge in [-0.25, -0.2) is 4.98 Å². The summed E-state index contributed by atoms with van der Waals surface area (Å²) in [6.45, 7) is 1.55. The Morgan fingerprint density at radius 1 is 1.36 bits per heavy atom. The quantitative estimate of drug-likeness (QED) is 0.724. The first kappa shape index (κ1) is 16.7. The van der Waals surface area contributed by atoms with Crippen LogP contribution in [0.15, 0.2) is 29.6 Å². The molecule has 7 heteroatoms. The molecule has 0 aliphatic heterocycles. The minimum atomic E-state index is -0.0380. The highest BCUT2D eigenvalue weighted by Crippen LogP contribution is 2.18. The number of carbonyl (C=O) groups is 1. The fourth-order valence-electron chi connectivity index (χ4n) is 1.73. The zero-order valence-electron chi connectivity index (χ0n) is 12.0. The molecule has 2 aromatic rings. The number of thiazole rings is 1. The van der Waals surface area contributed by atoms with E-state index < -0.39 is 0 Å². The highest BCUT2D eigenvalue weighted by Gasteiger charge is 2.08. The van der Waals surface area contributed by atoms with Crippen molar-refractivity contribution in [3.63, 3.8) is 0 Å². The molecule has 2 rings (SSSR count). The maximum Gasteiger partial charge on any atom is 0.226 e. The van der Waals surface area contributed by atoms with Crippen LogP contribution in [0.4, 0.5) is 0 Å². The van der Waals surface area contributed by atoms with Gasteiger partial charge in [0.1, 0.15) is 17.4 Å². The van der Waals surface area contributed by atoms with Crippen molar-refractivity contribution in [2.24, 2.45) is 5.73 Å². The van der Waals surface area contributed by atoms with E-state index in [0.29, 0.717) is 24.7 Å². The molecule has 22 heavy (non-hydrogen) atoms. The molecule has 0 atom stereocenters. The average Bonchev–Trinajstić information content (AvgIpc) is 2.94. The van der Waals surface area contributed by atoms with Crippen molar-refractivity contribution in [1.29, 1.82) is 0 Å². The predicted octanol–water partition coefficient (Wildman–Crippen LogP) is 2.38. The first-order valence-corrected chi connectivity index (χ1v) is 8.21. The van der Waals surface area contributed by atoms with Crippen molar-refractivity contribution < 1.29 is 9.53 Å². The van der Waals surface area contributed by atoms with Crippen molar-refractivity contribution in [3.05, 3.63) is 45.4 Å². The summed E-state index contributed by atoms with van der Waals surface area (Å²) in [4.78, 5) is 16.1. The average molecular weight is 340 g/mol. The Bertz CT molecular complexity index is 601. The SMILES string of the molecule is NCCCNC(=O)Cc1csc(COc2ccc(Cl)cc2)n1. The standard InChI is InChI=1S/C15H18ClN3O2S/c16-11-2-4-13(5-3-11)21-9-15-19-12(10-22-15)8-14(20)18-7-1-6-17/h2-5,10H,1,6-9,17H2,(H,18,20). The predicted molar refractivity (Wildman–Crippen MR) is 88.3 cm³/mol. The molecule has 0 aliphatic rings. The molecular formula is C15H18ClN3O2S. The number of rotatable bonds is 8. The Labute approximate surface area is 138 Å². The van der Waals surface area contributed by atoms with Crippen LogP contribution in [0, 0.1) is 0 Å². The zero-order valence-corrected chi connectivity index (χ0v) is 13.6. The maximum absolute atomic E-state index is 11.7. The van der Waals surface area contributed by atoms with Gasteiger partial charge in [0.25, 0.3) is 0 Å². The minimum Gasteiger partial charge on any atom is -0.486 e. The lowest BCUT2D eigenvalue weighted by Crippen LogP contribution is -2.27. The van der Waals surface area contributed by atoms with Crippen LogP contribution in [-0.4, -0.2) is 24.0 Å². The number of nitrogens with zero attached hydrogens (tertiary/aromatic N) is 1. The van der Waals surface area contributed by atoms with Gasteiger partial charge >= 0.3 is 0 Å². The van der Waals surface area contributed by atoms with E-state index >= 15 is 0 Å². The number of halogens is 1. The number of nitrogens with two attached hydrogens (primary N) is 1. The third-order valence-electron chi connectivity index (χ3n) is 2.82. The monoisotopic (exact) mass is 339 g/mol. The Hall–Kier alpha value is -1.63. The van der Waals surface area contributed by atoms with E-state index in [0.717, 1.165) is 22.9 Å². The van der Waals surface area contributed by atoms with Gasteiger partial charge in [-0.3, -0.25) is 4.79 Å². The van der Waals surface area contributed by atoms with E-state index in [1.165, 1.54) is 11.3 Å². The molecule has 0 bridgehead atoms. The highest BCUT2D eigenvalue weighted by atomic mass is 35.5. The Morgan fingerprint density at radius 2 is 2.14 bits per heavy atom. The van der Waals surface area contributed by atoms with Gasteiger partial charge in [0, 0.05) is 16.9 Å². The molecule has 0 spiro atoms. The van der Waals surface area contributed by atoms with Crippen molar-refractivity contribution >= 4 is 28.8 Å². The van der Waals surface area contributed by atoms with Crippen molar-refractivity contribution in [2.45, 2.75) is 19.4 Å². The van der Waals surface area contributed by atoms with Gasteiger partial charge in [-0.05, 0) is 37.2 Å². The maximum atomic E-state index is 11.7. The molecule has 0 saturated carbocycles. The van der Waals surface area contributed by atoms with Crippen molar-refractivity contribution in [3.8, 4) is 5.75 Å². The largest absolute Gasteiger partial charge is 0.486 e. The molecule has 1 aromatic heterocycles. The molecule has 118 valence electrons. The fraction of sp³-hybridized carbons (Fsp3) is 0.333. The first-order valence-electron chi connectivity index (χ1n) is 6.96. The summed E-state index contributed by atoms with van der Waals surface area (Å²) >= 11 is 7.30. The Morgan fingerprint density at radius 3 is 2.86 bits per heavy atom. The van der Waals surface area contributed by atoms with E-state index in [4.69, 9.17) is 22.1 Å². The molecule has 0 radical (unpaired) electrons. The molecule has 0 unspecified atom stereocenters. The number of ether oxygens (including phenoxy) is 1. The molecule has 3 N–H and O–H groups in total. The summed E-state index contributed by atoms with van der Waals surface area (Å²) in [6.07, 6.45) is 1.06. The van der Waals surface area contributed by atoms with E-state index in [9.17, 15) is 4.79 Å². The lowest BCUT2D eigenvalue weighted by molar-refractivity contribution is -0.120. The van der Waals surface area contributed by atoms with Crippen molar-refractivity contribution in [1.82, 2.24) is 10.3 Å². The van der Waals surface area contributed by atoms with Crippen molar-refractivity contribution in [2.75, 3.05) is 13.1 Å². The van der Waals surface area contributed by atoms with Gasteiger partial charge in [0.05, 0.1) is 12.1 Å². The molecule has 1 amide bonds. The number of aromatic nitrogens is 1. The molecule has 5 nitrogen and oxygen atoms in total. The molecule has 1 aromatic carbocycles. The van der Waals surface area contributed by atoms with Crippen LogP contribution in [0.3, 0.4) is 0 Å². The zero-order chi connectivity index (χ0) is 15.8. The summed E-state index contributed by atoms with van der Waals surface area (Å²) in [5, 5.41) is 6.19. The van der Waals surface area contributed by atoms with Crippen LogP contribution in [0.1, 0.15) is 17.1 Å². The lowest BCUT2D eigenvalue weighted by atomic mass is 10.3. The van der Waals surface area contributed by atoms with Crippen LogP contribution >= 0.6 is 22.9 Å². The molecule has 1 heterocycles. The molecular weight excluding hydrogens is 322 g/mol. The number of hydrogen-bond donors (Lipinski definition) is 2. The van der Waals surface area contributed by atoms with Gasteiger partial charge in [-0.1, -0.05) is 11.6 Å². The van der Waals surface area contributed by atoms with Crippen LogP contribution in [-0.2, 0) is 17.8 Å². The molecule has 0 saturated heterocycles. The van der Waals surface area contributed by atoms with Gasteiger partial charge in [-0.2, -0.15) is 0 Å². The van der Waals surface area contributed by atoms with Gasteiger partial charge in [-0.15, -0.1) is 11.3 Å². The van der Waals surface area contributed by atoms with E-state index in [2.05, 4.69) is 10.3 Å². The van der Waals surface area contributed by atoms with Gasteiger partial charge in [0.2, 0.25) is 5.91 Å². The third-order valence-corrected chi connectivity index (χ3v) is 3.94.